The van der Waals surface area contributed by atoms with Crippen LogP contribution in [0.15, 0.2) is 48.7 Å². The maximum atomic E-state index is 5.96. The highest BCUT2D eigenvalue weighted by Gasteiger charge is 2.23. The van der Waals surface area contributed by atoms with Crippen LogP contribution in [0.25, 0.3) is 22.0 Å². The first kappa shape index (κ1) is 16.9. The van der Waals surface area contributed by atoms with Gasteiger partial charge in [-0.05, 0) is 49.3 Å². The van der Waals surface area contributed by atoms with Crippen molar-refractivity contribution in [1.29, 1.82) is 0 Å². The number of nitrogens with zero attached hydrogens (tertiary/aromatic N) is 2. The molecule has 0 radical (unpaired) electrons. The highest BCUT2D eigenvalue weighted by molar-refractivity contribution is 7.80. The molecule has 2 fully saturated rings. The van der Waals surface area contributed by atoms with Gasteiger partial charge >= 0.3 is 0 Å². The molecule has 1 saturated heterocycles. The summed E-state index contributed by atoms with van der Waals surface area (Å²) in [5, 5.41) is 9.22. The quantitative estimate of drug-likeness (QED) is 0.661. The number of ether oxygens (including phenoxy) is 1. The van der Waals surface area contributed by atoms with Gasteiger partial charge in [-0.1, -0.05) is 48.6 Å². The summed E-state index contributed by atoms with van der Waals surface area (Å²) in [7, 11) is 0. The van der Waals surface area contributed by atoms with Crippen molar-refractivity contribution in [3.05, 3.63) is 54.2 Å². The van der Waals surface area contributed by atoms with E-state index in [9.17, 15) is 0 Å². The normalized spacial score (nSPS) is 19.9. The molecule has 1 unspecified atom stereocenters. The van der Waals surface area contributed by atoms with Gasteiger partial charge in [0.1, 0.15) is 4.99 Å². The number of hydrogen-bond acceptors (Lipinski definition) is 3. The molecule has 2 aromatic carbocycles. The SMILES string of the molecule is S=C(NC1CC1)c1ccccc1-c1ccc2cnn(C3CCCCO3)c2c1. The van der Waals surface area contributed by atoms with Crippen LogP contribution in [-0.4, -0.2) is 27.4 Å². The zero-order valence-electron chi connectivity index (χ0n) is 15.2. The van der Waals surface area contributed by atoms with Crippen LogP contribution in [0.4, 0.5) is 0 Å². The lowest BCUT2D eigenvalue weighted by atomic mass is 9.98. The predicted molar refractivity (Wildman–Crippen MR) is 112 cm³/mol. The number of rotatable bonds is 4. The van der Waals surface area contributed by atoms with E-state index < -0.39 is 0 Å². The van der Waals surface area contributed by atoms with Crippen LogP contribution in [0.1, 0.15) is 43.9 Å². The summed E-state index contributed by atoms with van der Waals surface area (Å²) in [5.74, 6) is 0. The van der Waals surface area contributed by atoms with Crippen LogP contribution < -0.4 is 5.32 Å². The Balaban J connectivity index is 1.54. The molecule has 1 aliphatic heterocycles. The molecule has 1 aromatic heterocycles. The van der Waals surface area contributed by atoms with Crippen molar-refractivity contribution in [2.24, 2.45) is 0 Å². The molecule has 0 bridgehead atoms. The Morgan fingerprint density at radius 2 is 2.00 bits per heavy atom. The largest absolute Gasteiger partial charge is 0.373 e. The van der Waals surface area contributed by atoms with Crippen molar-refractivity contribution in [2.75, 3.05) is 6.61 Å². The van der Waals surface area contributed by atoms with Gasteiger partial charge in [-0.15, -0.1) is 0 Å². The van der Waals surface area contributed by atoms with Crippen molar-refractivity contribution in [3.63, 3.8) is 0 Å². The lowest BCUT2D eigenvalue weighted by Crippen LogP contribution is -2.24. The first-order valence-electron chi connectivity index (χ1n) is 9.79. The highest BCUT2D eigenvalue weighted by atomic mass is 32.1. The molecule has 0 amide bonds. The molecular weight excluding hydrogens is 354 g/mol. The number of fused-ring (bicyclic) bond motifs is 1. The van der Waals surface area contributed by atoms with Crippen molar-refractivity contribution < 1.29 is 4.74 Å². The molecule has 0 spiro atoms. The fraction of sp³-hybridized carbons (Fsp3) is 0.364. The third kappa shape index (κ3) is 3.37. The average molecular weight is 378 g/mol. The van der Waals surface area contributed by atoms with Gasteiger partial charge in [0.25, 0.3) is 0 Å². The first-order valence-corrected chi connectivity index (χ1v) is 10.2. The average Bonchev–Trinajstić information content (AvgIpc) is 3.43. The number of thiocarbonyl (C=S) groups is 1. The summed E-state index contributed by atoms with van der Waals surface area (Å²) in [6, 6.07) is 15.5. The molecule has 2 heterocycles. The van der Waals surface area contributed by atoms with Gasteiger partial charge in [-0.25, -0.2) is 4.68 Å². The van der Waals surface area contributed by atoms with Crippen molar-refractivity contribution >= 4 is 28.1 Å². The summed E-state index contributed by atoms with van der Waals surface area (Å²) in [6.07, 6.45) is 7.76. The third-order valence-electron chi connectivity index (χ3n) is 5.42. The Labute approximate surface area is 164 Å². The van der Waals surface area contributed by atoms with Gasteiger partial charge in [0.2, 0.25) is 0 Å². The summed E-state index contributed by atoms with van der Waals surface area (Å²) in [4.78, 5) is 0.845. The van der Waals surface area contributed by atoms with E-state index in [1.165, 1.54) is 19.3 Å². The number of nitrogens with one attached hydrogen (secondary N) is 1. The predicted octanol–water partition coefficient (Wildman–Crippen LogP) is 4.83. The van der Waals surface area contributed by atoms with Gasteiger partial charge in [0, 0.05) is 23.6 Å². The molecule has 1 saturated carbocycles. The molecule has 2 aliphatic rings. The molecule has 27 heavy (non-hydrogen) atoms. The molecule has 1 N–H and O–H groups in total. The third-order valence-corrected chi connectivity index (χ3v) is 5.76. The summed E-state index contributed by atoms with van der Waals surface area (Å²) >= 11 is 5.68. The second-order valence-electron chi connectivity index (χ2n) is 7.48. The first-order chi connectivity index (χ1) is 13.3. The van der Waals surface area contributed by atoms with Crippen LogP contribution in [-0.2, 0) is 4.74 Å². The maximum absolute atomic E-state index is 5.96. The Morgan fingerprint density at radius 3 is 2.81 bits per heavy atom. The van der Waals surface area contributed by atoms with E-state index >= 15 is 0 Å². The fourth-order valence-corrected chi connectivity index (χ4v) is 4.12. The molecule has 138 valence electrons. The second kappa shape index (κ2) is 7.06. The van der Waals surface area contributed by atoms with E-state index in [1.54, 1.807) is 0 Å². The van der Waals surface area contributed by atoms with Gasteiger partial charge in [0.05, 0.1) is 11.7 Å². The monoisotopic (exact) mass is 377 g/mol. The van der Waals surface area contributed by atoms with Crippen LogP contribution in [0.2, 0.25) is 0 Å². The second-order valence-corrected chi connectivity index (χ2v) is 7.89. The van der Waals surface area contributed by atoms with Gasteiger partial charge in [0.15, 0.2) is 6.23 Å². The minimum absolute atomic E-state index is 0.0411. The number of hydrogen-bond donors (Lipinski definition) is 1. The Bertz CT molecular complexity index is 986. The van der Waals surface area contributed by atoms with Gasteiger partial charge < -0.3 is 10.1 Å². The number of benzene rings is 2. The van der Waals surface area contributed by atoms with E-state index in [0.29, 0.717) is 6.04 Å². The van der Waals surface area contributed by atoms with E-state index in [4.69, 9.17) is 17.0 Å². The smallest absolute Gasteiger partial charge is 0.150 e. The Kier molecular flexibility index (Phi) is 4.42. The van der Waals surface area contributed by atoms with E-state index in [1.807, 2.05) is 10.9 Å². The Hall–Kier alpha value is -2.24. The molecular formula is C22H23N3OS. The minimum Gasteiger partial charge on any atom is -0.373 e. The van der Waals surface area contributed by atoms with Crippen LogP contribution >= 0.6 is 12.2 Å². The highest BCUT2D eigenvalue weighted by Crippen LogP contribution is 2.31. The molecule has 5 heteroatoms. The van der Waals surface area contributed by atoms with E-state index in [-0.39, 0.29) is 6.23 Å². The summed E-state index contributed by atoms with van der Waals surface area (Å²) in [5.41, 5.74) is 4.54. The van der Waals surface area contributed by atoms with E-state index in [2.05, 4.69) is 52.9 Å². The minimum atomic E-state index is 0.0411. The molecule has 5 rings (SSSR count). The van der Waals surface area contributed by atoms with Crippen molar-refractivity contribution in [2.45, 2.75) is 44.4 Å². The van der Waals surface area contributed by atoms with Crippen molar-refractivity contribution in [3.8, 4) is 11.1 Å². The maximum Gasteiger partial charge on any atom is 0.150 e. The zero-order chi connectivity index (χ0) is 18.2. The van der Waals surface area contributed by atoms with E-state index in [0.717, 1.165) is 52.0 Å². The fourth-order valence-electron chi connectivity index (χ4n) is 3.78. The lowest BCUT2D eigenvalue weighted by Gasteiger charge is -2.23. The van der Waals surface area contributed by atoms with Crippen LogP contribution in [0, 0.1) is 0 Å². The lowest BCUT2D eigenvalue weighted by molar-refractivity contribution is -0.0366. The van der Waals surface area contributed by atoms with Crippen LogP contribution in [0.5, 0.6) is 0 Å². The molecule has 1 aliphatic carbocycles. The molecule has 4 nitrogen and oxygen atoms in total. The van der Waals surface area contributed by atoms with Gasteiger partial charge in [-0.3, -0.25) is 0 Å². The number of aromatic nitrogens is 2. The van der Waals surface area contributed by atoms with Crippen molar-refractivity contribution in [1.82, 2.24) is 15.1 Å². The topological polar surface area (TPSA) is 39.1 Å². The van der Waals surface area contributed by atoms with Crippen LogP contribution in [0.3, 0.4) is 0 Å². The van der Waals surface area contributed by atoms with Gasteiger partial charge in [-0.2, -0.15) is 5.10 Å². The zero-order valence-corrected chi connectivity index (χ0v) is 16.0. The molecule has 3 aromatic rings. The summed E-state index contributed by atoms with van der Waals surface area (Å²) < 4.78 is 8.00. The molecule has 1 atom stereocenters. The Morgan fingerprint density at radius 1 is 1.11 bits per heavy atom. The standard InChI is InChI=1S/C22H23N3OS/c27-22(24-17-10-11-17)19-6-2-1-5-18(19)15-8-9-16-14-23-25(20(16)13-15)21-7-3-4-12-26-21/h1-2,5-6,8-9,13-14,17,21H,3-4,7,10-12H2,(H,24,27). The summed E-state index contributed by atoms with van der Waals surface area (Å²) in [6.45, 7) is 0.815.